The second kappa shape index (κ2) is 5.94. The van der Waals surface area contributed by atoms with Gasteiger partial charge in [0.25, 0.3) is 0 Å². The molecule has 0 spiro atoms. The van der Waals surface area contributed by atoms with E-state index in [2.05, 4.69) is 13.0 Å². The summed E-state index contributed by atoms with van der Waals surface area (Å²) in [6.07, 6.45) is 0. The average molecular weight is 228 g/mol. The Hall–Kier alpha value is -1.96. The normalized spacial score (nSPS) is 9.35. The van der Waals surface area contributed by atoms with Crippen LogP contribution in [-0.4, -0.2) is 0 Å². The lowest BCUT2D eigenvalue weighted by Gasteiger charge is -1.98. The number of anilines is 2. The quantitative estimate of drug-likeness (QED) is 0.678. The average Bonchev–Trinajstić information content (AvgIpc) is 2.29. The molecular formula is C15H20N2. The molecule has 0 atom stereocenters. The van der Waals surface area contributed by atoms with Crippen LogP contribution in [0.2, 0.25) is 0 Å². The Morgan fingerprint density at radius 1 is 0.706 bits per heavy atom. The van der Waals surface area contributed by atoms with Crippen molar-refractivity contribution < 1.29 is 0 Å². The Morgan fingerprint density at radius 3 is 1.71 bits per heavy atom. The van der Waals surface area contributed by atoms with Gasteiger partial charge in [-0.05, 0) is 44.0 Å². The van der Waals surface area contributed by atoms with Gasteiger partial charge in [-0.3, -0.25) is 0 Å². The number of para-hydroxylation sites is 1. The largest absolute Gasteiger partial charge is 0.399 e. The third-order valence-electron chi connectivity index (χ3n) is 2.61. The monoisotopic (exact) mass is 228 g/mol. The summed E-state index contributed by atoms with van der Waals surface area (Å²) in [4.78, 5) is 0. The minimum Gasteiger partial charge on any atom is -0.399 e. The minimum absolute atomic E-state index is 0.868. The highest BCUT2D eigenvalue weighted by Crippen LogP contribution is 2.10. The van der Waals surface area contributed by atoms with E-state index in [0.717, 1.165) is 22.5 Å². The fourth-order valence-corrected chi connectivity index (χ4v) is 1.41. The van der Waals surface area contributed by atoms with Crippen molar-refractivity contribution in [1.29, 1.82) is 0 Å². The second-order valence-corrected chi connectivity index (χ2v) is 4.22. The molecule has 0 fully saturated rings. The molecular weight excluding hydrogens is 208 g/mol. The molecule has 0 amide bonds. The zero-order valence-corrected chi connectivity index (χ0v) is 10.7. The van der Waals surface area contributed by atoms with Crippen LogP contribution in [0.1, 0.15) is 16.7 Å². The van der Waals surface area contributed by atoms with Gasteiger partial charge < -0.3 is 11.5 Å². The molecule has 0 saturated carbocycles. The molecule has 17 heavy (non-hydrogen) atoms. The molecule has 0 aromatic heterocycles. The number of nitrogen functional groups attached to an aromatic ring is 2. The SMILES string of the molecule is Cc1ccc(N)c(C)c1.Cc1ccccc1N. The fraction of sp³-hybridized carbons (Fsp3) is 0.200. The predicted molar refractivity (Wildman–Crippen MR) is 75.9 cm³/mol. The molecule has 2 rings (SSSR count). The first-order valence-corrected chi connectivity index (χ1v) is 5.64. The lowest BCUT2D eigenvalue weighted by Crippen LogP contribution is -1.88. The van der Waals surface area contributed by atoms with Crippen molar-refractivity contribution in [3.8, 4) is 0 Å². The molecule has 0 radical (unpaired) electrons. The van der Waals surface area contributed by atoms with Crippen LogP contribution in [0, 0.1) is 20.8 Å². The molecule has 0 saturated heterocycles. The van der Waals surface area contributed by atoms with E-state index in [4.69, 9.17) is 11.5 Å². The van der Waals surface area contributed by atoms with Crippen molar-refractivity contribution in [1.82, 2.24) is 0 Å². The van der Waals surface area contributed by atoms with Crippen LogP contribution in [0.5, 0.6) is 0 Å². The van der Waals surface area contributed by atoms with Crippen molar-refractivity contribution in [2.45, 2.75) is 20.8 Å². The van der Waals surface area contributed by atoms with Gasteiger partial charge in [-0.25, -0.2) is 0 Å². The molecule has 2 heteroatoms. The van der Waals surface area contributed by atoms with Crippen molar-refractivity contribution in [2.24, 2.45) is 0 Å². The van der Waals surface area contributed by atoms with Gasteiger partial charge in [0, 0.05) is 11.4 Å². The second-order valence-electron chi connectivity index (χ2n) is 4.22. The summed E-state index contributed by atoms with van der Waals surface area (Å²) in [6, 6.07) is 13.8. The van der Waals surface area contributed by atoms with E-state index >= 15 is 0 Å². The van der Waals surface area contributed by atoms with Gasteiger partial charge >= 0.3 is 0 Å². The van der Waals surface area contributed by atoms with Crippen molar-refractivity contribution in [2.75, 3.05) is 11.5 Å². The summed E-state index contributed by atoms with van der Waals surface area (Å²) in [6.45, 7) is 6.07. The molecule has 0 aliphatic rings. The van der Waals surface area contributed by atoms with Gasteiger partial charge in [0.1, 0.15) is 0 Å². The maximum atomic E-state index is 5.59. The maximum Gasteiger partial charge on any atom is 0.0343 e. The summed E-state index contributed by atoms with van der Waals surface area (Å²) in [5, 5.41) is 0. The smallest absolute Gasteiger partial charge is 0.0343 e. The van der Waals surface area contributed by atoms with E-state index < -0.39 is 0 Å². The Bertz CT molecular complexity index is 469. The lowest BCUT2D eigenvalue weighted by molar-refractivity contribution is 1.39. The van der Waals surface area contributed by atoms with E-state index in [1.54, 1.807) is 0 Å². The highest BCUT2D eigenvalue weighted by Gasteiger charge is 1.89. The van der Waals surface area contributed by atoms with Crippen molar-refractivity contribution in [3.05, 3.63) is 59.2 Å². The standard InChI is InChI=1S/C8H11N.C7H9N/c1-6-3-4-8(9)7(2)5-6;1-6-4-2-3-5-7(6)8/h3-5H,9H2,1-2H3;2-5H,8H2,1H3. The molecule has 0 aliphatic carbocycles. The van der Waals surface area contributed by atoms with Gasteiger partial charge in [-0.2, -0.15) is 0 Å². The molecule has 2 aromatic rings. The third-order valence-corrected chi connectivity index (χ3v) is 2.61. The summed E-state index contributed by atoms with van der Waals surface area (Å²) in [7, 11) is 0. The predicted octanol–water partition coefficient (Wildman–Crippen LogP) is 3.46. The molecule has 2 nitrogen and oxygen atoms in total. The molecule has 0 unspecified atom stereocenters. The van der Waals surface area contributed by atoms with Crippen LogP contribution in [0.4, 0.5) is 11.4 Å². The van der Waals surface area contributed by atoms with Crippen molar-refractivity contribution >= 4 is 11.4 Å². The van der Waals surface area contributed by atoms with Gasteiger partial charge in [-0.1, -0.05) is 35.9 Å². The number of benzene rings is 2. The Labute approximate surface area is 103 Å². The zero-order chi connectivity index (χ0) is 12.8. The number of rotatable bonds is 0. The lowest BCUT2D eigenvalue weighted by atomic mass is 10.1. The summed E-state index contributed by atoms with van der Waals surface area (Å²) in [5.41, 5.74) is 16.4. The van der Waals surface area contributed by atoms with E-state index in [-0.39, 0.29) is 0 Å². The molecule has 0 aliphatic heterocycles. The molecule has 0 bridgehead atoms. The van der Waals surface area contributed by atoms with E-state index in [0.29, 0.717) is 0 Å². The first-order valence-electron chi connectivity index (χ1n) is 5.64. The van der Waals surface area contributed by atoms with Crippen LogP contribution in [0.15, 0.2) is 42.5 Å². The first kappa shape index (κ1) is 13.1. The highest BCUT2D eigenvalue weighted by molar-refractivity contribution is 5.47. The van der Waals surface area contributed by atoms with Crippen molar-refractivity contribution in [3.63, 3.8) is 0 Å². The summed E-state index contributed by atoms with van der Waals surface area (Å²) in [5.74, 6) is 0. The number of hydrogen-bond acceptors (Lipinski definition) is 2. The highest BCUT2D eigenvalue weighted by atomic mass is 14.6. The zero-order valence-electron chi connectivity index (χ0n) is 10.7. The maximum absolute atomic E-state index is 5.59. The Kier molecular flexibility index (Phi) is 4.58. The van der Waals surface area contributed by atoms with Gasteiger partial charge in [0.05, 0.1) is 0 Å². The fourth-order valence-electron chi connectivity index (χ4n) is 1.41. The van der Waals surface area contributed by atoms with E-state index in [9.17, 15) is 0 Å². The number of hydrogen-bond donors (Lipinski definition) is 2. The third kappa shape index (κ3) is 4.19. The Morgan fingerprint density at radius 2 is 1.29 bits per heavy atom. The number of aryl methyl sites for hydroxylation is 3. The minimum atomic E-state index is 0.868. The number of nitrogens with two attached hydrogens (primary N) is 2. The van der Waals surface area contributed by atoms with Gasteiger partial charge in [0.15, 0.2) is 0 Å². The van der Waals surface area contributed by atoms with Crippen LogP contribution >= 0.6 is 0 Å². The van der Waals surface area contributed by atoms with Gasteiger partial charge in [-0.15, -0.1) is 0 Å². The topological polar surface area (TPSA) is 52.0 Å². The molecule has 0 heterocycles. The van der Waals surface area contributed by atoms with Crippen LogP contribution in [-0.2, 0) is 0 Å². The van der Waals surface area contributed by atoms with Crippen LogP contribution < -0.4 is 11.5 Å². The first-order chi connectivity index (χ1) is 8.00. The van der Waals surface area contributed by atoms with E-state index in [1.165, 1.54) is 5.56 Å². The molecule has 90 valence electrons. The van der Waals surface area contributed by atoms with Crippen LogP contribution in [0.25, 0.3) is 0 Å². The van der Waals surface area contributed by atoms with Gasteiger partial charge in [0.2, 0.25) is 0 Å². The summed E-state index contributed by atoms with van der Waals surface area (Å²) < 4.78 is 0. The Balaban J connectivity index is 0.000000171. The van der Waals surface area contributed by atoms with E-state index in [1.807, 2.05) is 50.2 Å². The van der Waals surface area contributed by atoms with Crippen LogP contribution in [0.3, 0.4) is 0 Å². The molecule has 2 aromatic carbocycles. The molecule has 4 N–H and O–H groups in total. The summed E-state index contributed by atoms with van der Waals surface area (Å²) >= 11 is 0.